The number of benzene rings is 3. The van der Waals surface area contributed by atoms with Crippen LogP contribution in [0.3, 0.4) is 0 Å². The Kier molecular flexibility index (Phi) is 18.8. The van der Waals surface area contributed by atoms with E-state index in [1.54, 1.807) is 37.9 Å². The van der Waals surface area contributed by atoms with Gasteiger partial charge in [-0.2, -0.15) is 0 Å². The third-order valence-corrected chi connectivity index (χ3v) is 16.2. The molecule has 7 amide bonds. The number of aryl methyl sites for hydroxylation is 1. The van der Waals surface area contributed by atoms with Crippen LogP contribution in [0.5, 0.6) is 0 Å². The lowest BCUT2D eigenvalue weighted by atomic mass is 9.85. The number of nitrogens with zero attached hydrogens (tertiary/aromatic N) is 3. The first-order valence-electron chi connectivity index (χ1n) is 27.4. The molecule has 1 saturated heterocycles. The maximum absolute atomic E-state index is 15.9. The fraction of sp³-hybridized carbons (Fsp3) is 0.576. The summed E-state index contributed by atoms with van der Waals surface area (Å²) in [6, 6.07) is 18.8. The number of hydrogen-bond donors (Lipinski definition) is 6. The highest BCUT2D eigenvalue weighted by atomic mass is 16.5. The number of amides is 7. The van der Waals surface area contributed by atoms with E-state index in [-0.39, 0.29) is 86.5 Å². The molecule has 0 aromatic heterocycles. The summed E-state index contributed by atoms with van der Waals surface area (Å²) in [5, 5.41) is 18.5. The van der Waals surface area contributed by atoms with Gasteiger partial charge >= 0.3 is 0 Å². The fourth-order valence-corrected chi connectivity index (χ4v) is 11.3. The van der Waals surface area contributed by atoms with E-state index >= 15 is 14.4 Å². The summed E-state index contributed by atoms with van der Waals surface area (Å²) in [6.45, 7) is 13.2. The molecule has 0 spiro atoms. The van der Waals surface area contributed by atoms with E-state index < -0.39 is 65.1 Å². The van der Waals surface area contributed by atoms with Gasteiger partial charge in [0.1, 0.15) is 24.2 Å². The molecule has 17 heteroatoms. The van der Waals surface area contributed by atoms with Crippen molar-refractivity contribution in [3.63, 3.8) is 0 Å². The summed E-state index contributed by atoms with van der Waals surface area (Å²) in [6.07, 6.45) is 4.31. The minimum atomic E-state index is -1.05. The minimum absolute atomic E-state index is 0.00634. The highest BCUT2D eigenvalue weighted by Crippen LogP contribution is 2.48. The number of hydrogen-bond acceptors (Lipinski definition) is 10. The van der Waals surface area contributed by atoms with Crippen molar-refractivity contribution in [2.24, 2.45) is 16.7 Å². The van der Waals surface area contributed by atoms with Crippen LogP contribution in [-0.2, 0) is 57.7 Å². The maximum Gasteiger partial charge on any atom is 0.246 e. The van der Waals surface area contributed by atoms with Crippen LogP contribution in [0.4, 0.5) is 0 Å². The zero-order valence-electron chi connectivity index (χ0n) is 46.4. The van der Waals surface area contributed by atoms with Crippen molar-refractivity contribution < 1.29 is 38.3 Å². The second-order valence-corrected chi connectivity index (χ2v) is 22.9. The third-order valence-electron chi connectivity index (χ3n) is 16.2. The molecular formula is C59H83N9O8. The fourth-order valence-electron chi connectivity index (χ4n) is 11.3. The van der Waals surface area contributed by atoms with Crippen LogP contribution in [0.2, 0.25) is 0 Å². The number of rotatable bonds is 21. The molecular weight excluding hydrogens is 963 g/mol. The molecule has 76 heavy (non-hydrogen) atoms. The van der Waals surface area contributed by atoms with Crippen LogP contribution < -0.4 is 31.9 Å². The van der Waals surface area contributed by atoms with Crippen molar-refractivity contribution in [1.82, 2.24) is 46.6 Å². The van der Waals surface area contributed by atoms with Gasteiger partial charge in [-0.3, -0.25) is 33.6 Å². The Morgan fingerprint density at radius 1 is 0.776 bits per heavy atom. The van der Waals surface area contributed by atoms with Gasteiger partial charge in [0.25, 0.3) is 0 Å². The van der Waals surface area contributed by atoms with Crippen molar-refractivity contribution in [3.8, 4) is 0 Å². The lowest BCUT2D eigenvalue weighted by Crippen LogP contribution is -2.61. The van der Waals surface area contributed by atoms with Crippen molar-refractivity contribution in [2.75, 3.05) is 40.9 Å². The molecule has 0 unspecified atom stereocenters. The summed E-state index contributed by atoms with van der Waals surface area (Å²) in [5.41, 5.74) is 3.04. The number of likely N-dealkylation sites (tertiary alicyclic amines) is 1. The van der Waals surface area contributed by atoms with E-state index in [1.807, 2.05) is 114 Å². The topological polar surface area (TPSA) is 211 Å². The van der Waals surface area contributed by atoms with Crippen LogP contribution in [0.15, 0.2) is 78.9 Å². The van der Waals surface area contributed by atoms with Gasteiger partial charge < -0.3 is 51.3 Å². The van der Waals surface area contributed by atoms with Gasteiger partial charge in [-0.1, -0.05) is 120 Å². The van der Waals surface area contributed by atoms with Gasteiger partial charge in [0, 0.05) is 39.2 Å². The molecule has 7 rings (SSSR count). The normalized spacial score (nSPS) is 21.7. The summed E-state index contributed by atoms with van der Waals surface area (Å²) < 4.78 is 5.86. The van der Waals surface area contributed by atoms with Gasteiger partial charge in [-0.15, -0.1) is 0 Å². The van der Waals surface area contributed by atoms with Crippen molar-refractivity contribution in [1.29, 1.82) is 0 Å². The smallest absolute Gasteiger partial charge is 0.246 e. The predicted octanol–water partition coefficient (Wildman–Crippen LogP) is 4.49. The number of carbonyl (C=O) groups excluding carboxylic acids is 7. The summed E-state index contributed by atoms with van der Waals surface area (Å²) in [7, 11) is 4.94. The lowest BCUT2D eigenvalue weighted by Gasteiger charge is -2.43. The Hall–Kier alpha value is -6.17. The minimum Gasteiger partial charge on any atom is -0.382 e. The number of ether oxygens (including phenoxy) is 1. The molecule has 3 aromatic rings. The molecule has 1 saturated carbocycles. The molecule has 2 heterocycles. The van der Waals surface area contributed by atoms with E-state index in [9.17, 15) is 19.2 Å². The molecule has 0 radical (unpaired) electrons. The van der Waals surface area contributed by atoms with Crippen molar-refractivity contribution in [2.45, 2.75) is 161 Å². The molecule has 17 nitrogen and oxygen atoms in total. The summed E-state index contributed by atoms with van der Waals surface area (Å²) in [5.74, 6) is -2.77. The SMILES string of the molecule is CC[C@H](NC)C(=O)N[C@H](C(=O)N1Cc2ccccc2C[C@H]1C(=O)N(CC1(C(=O)N[C@H]2C[C@@H](C(=O)N[C@@H]3CCCc4ccccc43)N(C(=O)[C@@H](NC(=O)[C@H](C)NC)C(C)(C)C)C2)CC1)[C@H](COC)c1ccccc1)C(C)C. The van der Waals surface area contributed by atoms with Gasteiger partial charge in [0.05, 0.1) is 36.2 Å². The van der Waals surface area contributed by atoms with Crippen molar-refractivity contribution in [3.05, 3.63) is 107 Å². The number of carbonyl (C=O) groups is 7. The number of methoxy groups -OCH3 is 1. The van der Waals surface area contributed by atoms with Crippen LogP contribution >= 0.6 is 0 Å². The summed E-state index contributed by atoms with van der Waals surface area (Å²) in [4.78, 5) is 107. The second-order valence-electron chi connectivity index (χ2n) is 22.9. The molecule has 2 aliphatic heterocycles. The van der Waals surface area contributed by atoms with Gasteiger partial charge in [-0.25, -0.2) is 0 Å². The van der Waals surface area contributed by atoms with Crippen LogP contribution in [0.25, 0.3) is 0 Å². The van der Waals surface area contributed by atoms with Crippen LogP contribution in [-0.4, -0.2) is 139 Å². The van der Waals surface area contributed by atoms with Gasteiger partial charge in [-0.05, 0) is 105 Å². The molecule has 2 aliphatic carbocycles. The summed E-state index contributed by atoms with van der Waals surface area (Å²) >= 11 is 0. The molecule has 3 aromatic carbocycles. The maximum atomic E-state index is 15.9. The van der Waals surface area contributed by atoms with E-state index in [1.165, 1.54) is 10.5 Å². The van der Waals surface area contributed by atoms with Gasteiger partial charge in [0.2, 0.25) is 41.4 Å². The Balaban J connectivity index is 1.20. The first-order valence-corrected chi connectivity index (χ1v) is 27.4. The number of nitrogens with one attached hydrogen (secondary N) is 6. The number of likely N-dealkylation sites (N-methyl/N-ethyl adjacent to an activating group) is 2. The van der Waals surface area contributed by atoms with E-state index in [4.69, 9.17) is 4.74 Å². The highest BCUT2D eigenvalue weighted by Gasteiger charge is 2.55. The molecule has 2 fully saturated rings. The Labute approximate surface area is 449 Å². The zero-order valence-corrected chi connectivity index (χ0v) is 46.4. The Morgan fingerprint density at radius 2 is 1.43 bits per heavy atom. The average molecular weight is 1050 g/mol. The van der Waals surface area contributed by atoms with Crippen LogP contribution in [0, 0.1) is 16.7 Å². The molecule has 0 bridgehead atoms. The zero-order chi connectivity index (χ0) is 55.1. The molecule has 4 aliphatic rings. The standard InChI is InChI=1S/C59H83N9O8/c1-11-44(61-9)52(70)64-49(36(2)3)55(73)66-32-41-24-16-15-23-40(41)30-47(66)54(72)68(48(34-76-10)39-21-13-12-14-22-39)35-59(28-29-59)57(75)62-42-31-46(53(71)63-45-27-19-25-38-20-17-18-26-43(38)45)67(33-42)56(74)50(58(5,6)7)65-51(69)37(4)60-8/h12-18,20-24,26,36-37,42,44-50,60-61H,11,19,25,27-35H2,1-10H3,(H,62,75)(H,63,71)(H,64,70)(H,65,69)/t37-,42-,44-,45+,46-,47-,48+,49-,50+/m0/s1. The quantitative estimate of drug-likeness (QED) is 0.0881. The second kappa shape index (κ2) is 24.9. The first-order chi connectivity index (χ1) is 36.2. The predicted molar refractivity (Wildman–Crippen MR) is 291 cm³/mol. The highest BCUT2D eigenvalue weighted by molar-refractivity contribution is 5.96. The largest absolute Gasteiger partial charge is 0.382 e. The monoisotopic (exact) mass is 1050 g/mol. The van der Waals surface area contributed by atoms with Gasteiger partial charge in [0.15, 0.2) is 0 Å². The molecule has 9 atom stereocenters. The Bertz CT molecular complexity index is 2560. The third kappa shape index (κ3) is 13.0. The first kappa shape index (κ1) is 57.5. The number of fused-ring (bicyclic) bond motifs is 2. The lowest BCUT2D eigenvalue weighted by molar-refractivity contribution is -0.153. The van der Waals surface area contributed by atoms with E-state index in [0.717, 1.165) is 41.5 Å². The average Bonchev–Trinajstić information content (AvgIpc) is 4.09. The molecule has 412 valence electrons. The van der Waals surface area contributed by atoms with E-state index in [0.29, 0.717) is 19.3 Å². The Morgan fingerprint density at radius 3 is 2.05 bits per heavy atom. The van der Waals surface area contributed by atoms with Crippen molar-refractivity contribution >= 4 is 41.4 Å². The van der Waals surface area contributed by atoms with E-state index in [2.05, 4.69) is 38.0 Å². The van der Waals surface area contributed by atoms with Crippen LogP contribution in [0.1, 0.15) is 127 Å². The molecule has 6 N–H and O–H groups in total.